The van der Waals surface area contributed by atoms with Crippen LogP contribution in [0.25, 0.3) is 0 Å². The maximum absolute atomic E-state index is 10.6. The lowest BCUT2D eigenvalue weighted by atomic mass is 10.1. The predicted molar refractivity (Wildman–Crippen MR) is 44.9 cm³/mol. The van der Waals surface area contributed by atoms with E-state index >= 15 is 0 Å². The highest BCUT2D eigenvalue weighted by molar-refractivity contribution is 6.07. The number of aliphatic carboxylic acids is 1. The number of allylic oxidation sites excluding steroid dienone is 2. The van der Waals surface area contributed by atoms with Crippen LogP contribution in [0.15, 0.2) is 22.8 Å². The normalized spacial score (nSPS) is 15.8. The molecule has 0 aromatic carbocycles. The first-order chi connectivity index (χ1) is 5.70. The third-order valence-electron chi connectivity index (χ3n) is 1.70. The minimum Gasteiger partial charge on any atom is -0.478 e. The number of carboxylic acids is 1. The molecule has 0 heterocycles. The minimum atomic E-state index is -1.07. The molecule has 0 amide bonds. The summed E-state index contributed by atoms with van der Waals surface area (Å²) in [5.74, 6) is -1.07. The average molecular weight is 164 g/mol. The molecule has 1 aliphatic carbocycles. The fraction of sp³-hybridized carbons (Fsp3) is 0.125. The van der Waals surface area contributed by atoms with Gasteiger partial charge in [-0.25, -0.2) is 4.79 Å². The van der Waals surface area contributed by atoms with E-state index in [1.54, 1.807) is 6.08 Å². The molecular weight excluding hydrogens is 156 g/mol. The van der Waals surface area contributed by atoms with Gasteiger partial charge in [0.2, 0.25) is 0 Å². The van der Waals surface area contributed by atoms with E-state index in [1.807, 2.05) is 0 Å². The number of carboxylic acid groups (broad SMARTS) is 1. The molecule has 3 N–H and O–H groups in total. The Morgan fingerprint density at radius 2 is 2.17 bits per heavy atom. The predicted octanol–water partition coefficient (Wildman–Crippen LogP) is 0.997. The van der Waals surface area contributed by atoms with Crippen LogP contribution < -0.4 is 0 Å². The molecule has 0 saturated heterocycles. The van der Waals surface area contributed by atoms with Gasteiger partial charge in [0, 0.05) is 18.0 Å². The summed E-state index contributed by atoms with van der Waals surface area (Å²) in [5.41, 5.74) is 0.932. The third-order valence-corrected chi connectivity index (χ3v) is 1.70. The zero-order chi connectivity index (χ0) is 9.14. The van der Waals surface area contributed by atoms with Gasteiger partial charge in [0.15, 0.2) is 0 Å². The summed E-state index contributed by atoms with van der Waals surface area (Å²) in [7, 11) is 0. The van der Waals surface area contributed by atoms with Gasteiger partial charge in [-0.3, -0.25) is 0 Å². The summed E-state index contributed by atoms with van der Waals surface area (Å²) in [6, 6.07) is 0. The topological polar surface area (TPSA) is 85.0 Å². The van der Waals surface area contributed by atoms with Crippen LogP contribution in [0, 0.1) is 10.8 Å². The highest BCUT2D eigenvalue weighted by Gasteiger charge is 2.20. The van der Waals surface area contributed by atoms with Crippen LogP contribution >= 0.6 is 0 Å². The van der Waals surface area contributed by atoms with E-state index < -0.39 is 5.97 Å². The van der Waals surface area contributed by atoms with Crippen molar-refractivity contribution in [2.45, 2.75) is 6.42 Å². The lowest BCUT2D eigenvalue weighted by Gasteiger charge is -1.97. The van der Waals surface area contributed by atoms with Crippen molar-refractivity contribution < 1.29 is 9.90 Å². The Balaban J connectivity index is 3.14. The second-order valence-electron chi connectivity index (χ2n) is 2.36. The Hall–Kier alpha value is -1.71. The standard InChI is InChI=1S/C8H8N2O2/c9-3-5-1-2-6(4-10)7(5)8(11)12/h1,3-4,9-10H,2H2,(H,11,12). The van der Waals surface area contributed by atoms with Crippen LogP contribution in [0.1, 0.15) is 6.42 Å². The maximum Gasteiger partial charge on any atom is 0.336 e. The molecule has 1 aliphatic rings. The maximum atomic E-state index is 10.6. The first-order valence-electron chi connectivity index (χ1n) is 3.38. The molecule has 0 radical (unpaired) electrons. The Kier molecular flexibility index (Phi) is 2.19. The van der Waals surface area contributed by atoms with Gasteiger partial charge < -0.3 is 15.9 Å². The number of nitrogens with one attached hydrogen (secondary N) is 2. The van der Waals surface area contributed by atoms with Crippen LogP contribution in [0.4, 0.5) is 0 Å². The summed E-state index contributed by atoms with van der Waals surface area (Å²) in [6.07, 6.45) is 4.10. The molecule has 0 unspecified atom stereocenters. The molecule has 4 nitrogen and oxygen atoms in total. The molecule has 0 fully saturated rings. The highest BCUT2D eigenvalue weighted by Crippen LogP contribution is 2.23. The molecule has 0 saturated carbocycles. The summed E-state index contributed by atoms with van der Waals surface area (Å²) >= 11 is 0. The molecule has 0 aliphatic heterocycles. The lowest BCUT2D eigenvalue weighted by molar-refractivity contribution is -0.132. The van der Waals surface area contributed by atoms with E-state index in [-0.39, 0.29) is 5.57 Å². The van der Waals surface area contributed by atoms with Crippen LogP contribution in [-0.2, 0) is 4.79 Å². The third kappa shape index (κ3) is 1.18. The quantitative estimate of drug-likeness (QED) is 0.543. The van der Waals surface area contributed by atoms with Gasteiger partial charge in [-0.05, 0) is 12.0 Å². The average Bonchev–Trinajstić information content (AvgIpc) is 2.46. The number of hydrogen-bond acceptors (Lipinski definition) is 3. The summed E-state index contributed by atoms with van der Waals surface area (Å²) < 4.78 is 0. The summed E-state index contributed by atoms with van der Waals surface area (Å²) in [6.45, 7) is 0. The Labute approximate surface area is 69.2 Å². The van der Waals surface area contributed by atoms with Crippen molar-refractivity contribution in [1.29, 1.82) is 10.8 Å². The van der Waals surface area contributed by atoms with Gasteiger partial charge in [-0.2, -0.15) is 0 Å². The van der Waals surface area contributed by atoms with E-state index in [9.17, 15) is 4.79 Å². The van der Waals surface area contributed by atoms with Crippen molar-refractivity contribution in [3.8, 4) is 0 Å². The Morgan fingerprint density at radius 1 is 1.50 bits per heavy atom. The largest absolute Gasteiger partial charge is 0.478 e. The molecule has 0 aromatic heterocycles. The lowest BCUT2D eigenvalue weighted by Crippen LogP contribution is -2.04. The van der Waals surface area contributed by atoms with Crippen molar-refractivity contribution in [3.63, 3.8) is 0 Å². The summed E-state index contributed by atoms with van der Waals surface area (Å²) in [4.78, 5) is 10.6. The van der Waals surface area contributed by atoms with Crippen molar-refractivity contribution in [3.05, 3.63) is 22.8 Å². The molecule has 4 heteroatoms. The van der Waals surface area contributed by atoms with E-state index in [1.165, 1.54) is 0 Å². The van der Waals surface area contributed by atoms with Gasteiger partial charge in [-0.1, -0.05) is 6.08 Å². The van der Waals surface area contributed by atoms with Crippen molar-refractivity contribution in [1.82, 2.24) is 0 Å². The van der Waals surface area contributed by atoms with Crippen LogP contribution in [-0.4, -0.2) is 23.5 Å². The zero-order valence-electron chi connectivity index (χ0n) is 6.29. The van der Waals surface area contributed by atoms with E-state index in [0.29, 0.717) is 17.6 Å². The first kappa shape index (κ1) is 8.39. The van der Waals surface area contributed by atoms with Gasteiger partial charge in [0.25, 0.3) is 0 Å². The van der Waals surface area contributed by atoms with Crippen LogP contribution in [0.3, 0.4) is 0 Å². The SMILES string of the molecule is N=CC1=CCC(C=N)=C1C(=O)O. The fourth-order valence-corrected chi connectivity index (χ4v) is 1.13. The van der Waals surface area contributed by atoms with Crippen molar-refractivity contribution in [2.75, 3.05) is 0 Å². The van der Waals surface area contributed by atoms with Gasteiger partial charge in [0.05, 0.1) is 5.57 Å². The molecule has 0 aromatic rings. The monoisotopic (exact) mass is 164 g/mol. The molecule has 62 valence electrons. The van der Waals surface area contributed by atoms with Crippen molar-refractivity contribution in [2.24, 2.45) is 0 Å². The van der Waals surface area contributed by atoms with E-state index in [2.05, 4.69) is 0 Å². The van der Waals surface area contributed by atoms with E-state index in [0.717, 1.165) is 12.4 Å². The number of carbonyl (C=O) groups is 1. The Morgan fingerprint density at radius 3 is 2.58 bits per heavy atom. The minimum absolute atomic E-state index is 0.0833. The fourth-order valence-electron chi connectivity index (χ4n) is 1.13. The second kappa shape index (κ2) is 3.13. The van der Waals surface area contributed by atoms with Crippen LogP contribution in [0.2, 0.25) is 0 Å². The zero-order valence-corrected chi connectivity index (χ0v) is 6.29. The van der Waals surface area contributed by atoms with Gasteiger partial charge >= 0.3 is 5.97 Å². The molecule has 0 spiro atoms. The van der Waals surface area contributed by atoms with Gasteiger partial charge in [0.1, 0.15) is 0 Å². The Bertz CT molecular complexity index is 313. The molecule has 12 heavy (non-hydrogen) atoms. The first-order valence-corrected chi connectivity index (χ1v) is 3.38. The highest BCUT2D eigenvalue weighted by atomic mass is 16.4. The van der Waals surface area contributed by atoms with Crippen LogP contribution in [0.5, 0.6) is 0 Å². The second-order valence-corrected chi connectivity index (χ2v) is 2.36. The van der Waals surface area contributed by atoms with Crippen molar-refractivity contribution >= 4 is 18.4 Å². The number of hydrogen-bond donors (Lipinski definition) is 3. The van der Waals surface area contributed by atoms with E-state index in [4.69, 9.17) is 15.9 Å². The summed E-state index contributed by atoms with van der Waals surface area (Å²) in [5, 5.41) is 22.6. The molecule has 0 bridgehead atoms. The number of rotatable bonds is 3. The molecule has 0 atom stereocenters. The molecular formula is C8H8N2O2. The molecule has 1 rings (SSSR count). The van der Waals surface area contributed by atoms with Gasteiger partial charge in [-0.15, -0.1) is 0 Å². The smallest absolute Gasteiger partial charge is 0.336 e.